The molecule has 0 bridgehead atoms. The molecular weight excluding hydrogens is 318 g/mol. The van der Waals surface area contributed by atoms with Gasteiger partial charge in [0, 0.05) is 28.4 Å². The molecule has 0 spiro atoms. The molecule has 0 saturated carbocycles. The number of nitrogens with one attached hydrogen (secondary N) is 1. The molecule has 0 saturated heterocycles. The third-order valence-corrected chi connectivity index (χ3v) is 4.78. The predicted molar refractivity (Wildman–Crippen MR) is 98.2 cm³/mol. The lowest BCUT2D eigenvalue weighted by atomic mass is 10.0. The van der Waals surface area contributed by atoms with Crippen molar-refractivity contribution in [1.29, 1.82) is 0 Å². The van der Waals surface area contributed by atoms with Crippen molar-refractivity contribution in [2.24, 2.45) is 0 Å². The van der Waals surface area contributed by atoms with Gasteiger partial charge in [-0.3, -0.25) is 4.68 Å². The van der Waals surface area contributed by atoms with Crippen LogP contribution in [0, 0.1) is 0 Å². The standard InChI is InChI=1S/C20H20ClN3/c21-17-10-8-16(9-11-17)20-18-13-22-12-4-7-19(18)24(23-20)14-15-5-2-1-3-6-15/h1-3,5-6,8-11,22H,4,7,12-14H2. The van der Waals surface area contributed by atoms with Crippen molar-refractivity contribution < 1.29 is 0 Å². The summed E-state index contributed by atoms with van der Waals surface area (Å²) in [4.78, 5) is 0. The van der Waals surface area contributed by atoms with Gasteiger partial charge in [-0.15, -0.1) is 0 Å². The topological polar surface area (TPSA) is 29.9 Å². The number of halogens is 1. The monoisotopic (exact) mass is 337 g/mol. The second-order valence-corrected chi connectivity index (χ2v) is 6.64. The highest BCUT2D eigenvalue weighted by atomic mass is 35.5. The molecule has 2 heterocycles. The number of rotatable bonds is 3. The fraction of sp³-hybridized carbons (Fsp3) is 0.250. The third-order valence-electron chi connectivity index (χ3n) is 4.53. The fourth-order valence-corrected chi connectivity index (χ4v) is 3.45. The van der Waals surface area contributed by atoms with E-state index in [1.807, 2.05) is 12.1 Å². The van der Waals surface area contributed by atoms with Crippen LogP contribution in [0.25, 0.3) is 11.3 Å². The number of hydrogen-bond donors (Lipinski definition) is 1. The molecule has 1 aliphatic heterocycles. The first kappa shape index (κ1) is 15.4. The van der Waals surface area contributed by atoms with Crippen LogP contribution >= 0.6 is 11.6 Å². The van der Waals surface area contributed by atoms with E-state index in [1.165, 1.54) is 16.8 Å². The highest BCUT2D eigenvalue weighted by Crippen LogP contribution is 2.29. The van der Waals surface area contributed by atoms with Crippen molar-refractivity contribution in [2.45, 2.75) is 25.9 Å². The van der Waals surface area contributed by atoms with Crippen molar-refractivity contribution in [3.05, 3.63) is 76.4 Å². The number of aromatic nitrogens is 2. The average molecular weight is 338 g/mol. The van der Waals surface area contributed by atoms with Crippen LogP contribution in [0.5, 0.6) is 0 Å². The highest BCUT2D eigenvalue weighted by molar-refractivity contribution is 6.30. The summed E-state index contributed by atoms with van der Waals surface area (Å²) in [7, 11) is 0. The molecule has 2 aromatic carbocycles. The fourth-order valence-electron chi connectivity index (χ4n) is 3.32. The van der Waals surface area contributed by atoms with Crippen molar-refractivity contribution in [3.63, 3.8) is 0 Å². The third kappa shape index (κ3) is 3.10. The number of nitrogens with zero attached hydrogens (tertiary/aromatic N) is 2. The van der Waals surface area contributed by atoms with Gasteiger partial charge in [0.05, 0.1) is 12.2 Å². The molecule has 1 N–H and O–H groups in total. The van der Waals surface area contributed by atoms with Crippen molar-refractivity contribution >= 4 is 11.6 Å². The van der Waals surface area contributed by atoms with E-state index in [2.05, 4.69) is 52.5 Å². The van der Waals surface area contributed by atoms with Gasteiger partial charge in [-0.2, -0.15) is 5.10 Å². The predicted octanol–water partition coefficient (Wildman–Crippen LogP) is 4.29. The molecule has 4 rings (SSSR count). The first-order valence-electron chi connectivity index (χ1n) is 8.40. The highest BCUT2D eigenvalue weighted by Gasteiger charge is 2.20. The molecule has 122 valence electrons. The average Bonchev–Trinajstić information content (AvgIpc) is 2.79. The van der Waals surface area contributed by atoms with Crippen LogP contribution in [0.4, 0.5) is 0 Å². The lowest BCUT2D eigenvalue weighted by Gasteiger charge is -2.07. The van der Waals surface area contributed by atoms with E-state index in [1.54, 1.807) is 0 Å². The van der Waals surface area contributed by atoms with E-state index in [4.69, 9.17) is 16.7 Å². The Labute approximate surface area is 147 Å². The summed E-state index contributed by atoms with van der Waals surface area (Å²) in [5, 5.41) is 9.24. The van der Waals surface area contributed by atoms with E-state index in [0.717, 1.165) is 48.8 Å². The van der Waals surface area contributed by atoms with Crippen LogP contribution in [-0.2, 0) is 19.5 Å². The Hall–Kier alpha value is -2.10. The van der Waals surface area contributed by atoms with Crippen molar-refractivity contribution in [2.75, 3.05) is 6.54 Å². The maximum absolute atomic E-state index is 6.04. The van der Waals surface area contributed by atoms with Crippen LogP contribution < -0.4 is 5.32 Å². The van der Waals surface area contributed by atoms with Gasteiger partial charge < -0.3 is 5.32 Å². The number of fused-ring (bicyclic) bond motifs is 1. The van der Waals surface area contributed by atoms with E-state index in [-0.39, 0.29) is 0 Å². The van der Waals surface area contributed by atoms with Crippen LogP contribution in [0.2, 0.25) is 5.02 Å². The molecular formula is C20H20ClN3. The molecule has 0 aliphatic carbocycles. The Balaban J connectivity index is 1.78. The number of benzene rings is 2. The Kier molecular flexibility index (Phi) is 4.37. The molecule has 3 nitrogen and oxygen atoms in total. The van der Waals surface area contributed by atoms with Crippen LogP contribution in [0.1, 0.15) is 23.2 Å². The Morgan fingerprint density at radius 3 is 2.62 bits per heavy atom. The lowest BCUT2D eigenvalue weighted by molar-refractivity contribution is 0.626. The number of hydrogen-bond acceptors (Lipinski definition) is 2. The second kappa shape index (κ2) is 6.80. The lowest BCUT2D eigenvalue weighted by Crippen LogP contribution is -2.12. The molecule has 24 heavy (non-hydrogen) atoms. The minimum atomic E-state index is 0.756. The first-order valence-corrected chi connectivity index (χ1v) is 8.78. The zero-order valence-electron chi connectivity index (χ0n) is 13.5. The molecule has 0 radical (unpaired) electrons. The molecule has 0 fully saturated rings. The summed E-state index contributed by atoms with van der Waals surface area (Å²) in [5.74, 6) is 0. The van der Waals surface area contributed by atoms with E-state index < -0.39 is 0 Å². The van der Waals surface area contributed by atoms with E-state index in [9.17, 15) is 0 Å². The maximum atomic E-state index is 6.04. The largest absolute Gasteiger partial charge is 0.313 e. The molecule has 4 heteroatoms. The normalized spacial score (nSPS) is 14.2. The SMILES string of the molecule is Clc1ccc(-c2nn(Cc3ccccc3)c3c2CNCCC3)cc1. The minimum Gasteiger partial charge on any atom is -0.313 e. The van der Waals surface area contributed by atoms with Gasteiger partial charge in [0.1, 0.15) is 0 Å². The molecule has 0 atom stereocenters. The molecule has 1 aliphatic rings. The maximum Gasteiger partial charge on any atom is 0.0971 e. The molecule has 0 unspecified atom stereocenters. The Bertz CT molecular complexity index is 822. The zero-order chi connectivity index (χ0) is 16.4. The van der Waals surface area contributed by atoms with Gasteiger partial charge in [-0.1, -0.05) is 54.1 Å². The molecule has 3 aromatic rings. The van der Waals surface area contributed by atoms with Gasteiger partial charge in [-0.05, 0) is 37.1 Å². The Morgan fingerprint density at radius 1 is 1.04 bits per heavy atom. The van der Waals surface area contributed by atoms with Gasteiger partial charge >= 0.3 is 0 Å². The molecule has 1 aromatic heterocycles. The molecule has 0 amide bonds. The summed E-state index contributed by atoms with van der Waals surface area (Å²) in [6.07, 6.45) is 2.21. The van der Waals surface area contributed by atoms with Crippen molar-refractivity contribution in [1.82, 2.24) is 15.1 Å². The Morgan fingerprint density at radius 2 is 1.83 bits per heavy atom. The summed E-state index contributed by atoms with van der Waals surface area (Å²) >= 11 is 6.04. The quantitative estimate of drug-likeness (QED) is 0.772. The minimum absolute atomic E-state index is 0.756. The summed E-state index contributed by atoms with van der Waals surface area (Å²) in [6.45, 7) is 2.75. The van der Waals surface area contributed by atoms with Gasteiger partial charge in [-0.25, -0.2) is 0 Å². The van der Waals surface area contributed by atoms with Gasteiger partial charge in [0.2, 0.25) is 0 Å². The van der Waals surface area contributed by atoms with E-state index >= 15 is 0 Å². The first-order chi connectivity index (χ1) is 11.8. The summed E-state index contributed by atoms with van der Waals surface area (Å²) < 4.78 is 2.18. The van der Waals surface area contributed by atoms with Gasteiger partial charge in [0.15, 0.2) is 0 Å². The van der Waals surface area contributed by atoms with Gasteiger partial charge in [0.25, 0.3) is 0 Å². The summed E-state index contributed by atoms with van der Waals surface area (Å²) in [5.41, 5.74) is 6.17. The van der Waals surface area contributed by atoms with Crippen LogP contribution in [-0.4, -0.2) is 16.3 Å². The summed E-state index contributed by atoms with van der Waals surface area (Å²) in [6, 6.07) is 18.5. The smallest absolute Gasteiger partial charge is 0.0971 e. The van der Waals surface area contributed by atoms with Crippen LogP contribution in [0.15, 0.2) is 54.6 Å². The van der Waals surface area contributed by atoms with E-state index in [0.29, 0.717) is 0 Å². The zero-order valence-corrected chi connectivity index (χ0v) is 14.3. The second-order valence-electron chi connectivity index (χ2n) is 6.20. The van der Waals surface area contributed by atoms with Crippen LogP contribution in [0.3, 0.4) is 0 Å². The van der Waals surface area contributed by atoms with Crippen molar-refractivity contribution in [3.8, 4) is 11.3 Å².